The van der Waals surface area contributed by atoms with Gasteiger partial charge in [0.05, 0.1) is 13.2 Å². The first-order chi connectivity index (χ1) is 9.16. The Morgan fingerprint density at radius 1 is 1.05 bits per heavy atom. The molecule has 0 atom stereocenters. The van der Waals surface area contributed by atoms with Crippen molar-refractivity contribution in [1.29, 1.82) is 5.41 Å². The molecule has 0 aliphatic rings. The van der Waals surface area contributed by atoms with Crippen molar-refractivity contribution in [2.75, 3.05) is 0 Å². The highest BCUT2D eigenvalue weighted by Crippen LogP contribution is 2.11. The molecule has 0 radical (unpaired) electrons. The van der Waals surface area contributed by atoms with Gasteiger partial charge in [-0.2, -0.15) is 0 Å². The number of nitrogens with two attached hydrogens (primary N) is 1. The highest BCUT2D eigenvalue weighted by Gasteiger charge is 2.04. The van der Waals surface area contributed by atoms with E-state index in [1.807, 2.05) is 18.2 Å². The van der Waals surface area contributed by atoms with Gasteiger partial charge in [0.2, 0.25) is 0 Å². The lowest BCUT2D eigenvalue weighted by Crippen LogP contribution is -2.14. The standard InChI is InChI=1S/C15H15FN2O/c16-13-7-5-11(6-8-13)9-19-10-12-3-1-2-4-14(12)15(17)18/h1-8H,9-10H2,(H3,17,18). The molecule has 0 amide bonds. The maximum Gasteiger partial charge on any atom is 0.123 e. The zero-order valence-corrected chi connectivity index (χ0v) is 10.4. The Labute approximate surface area is 111 Å². The fourth-order valence-electron chi connectivity index (χ4n) is 1.77. The SMILES string of the molecule is N=C(N)c1ccccc1COCc1ccc(F)cc1. The lowest BCUT2D eigenvalue weighted by Gasteiger charge is -2.09. The Morgan fingerprint density at radius 2 is 1.74 bits per heavy atom. The Morgan fingerprint density at radius 3 is 2.42 bits per heavy atom. The van der Waals surface area contributed by atoms with Gasteiger partial charge in [-0.1, -0.05) is 36.4 Å². The number of nitrogens with one attached hydrogen (secondary N) is 1. The van der Waals surface area contributed by atoms with E-state index in [4.69, 9.17) is 15.9 Å². The topological polar surface area (TPSA) is 59.1 Å². The molecule has 4 heteroatoms. The lowest BCUT2D eigenvalue weighted by atomic mass is 10.1. The van der Waals surface area contributed by atoms with Crippen LogP contribution >= 0.6 is 0 Å². The molecular formula is C15H15FN2O. The Balaban J connectivity index is 1.96. The quantitative estimate of drug-likeness (QED) is 0.640. The fraction of sp³-hybridized carbons (Fsp3) is 0.133. The van der Waals surface area contributed by atoms with Crippen molar-refractivity contribution in [1.82, 2.24) is 0 Å². The van der Waals surface area contributed by atoms with Crippen molar-refractivity contribution in [2.24, 2.45) is 5.73 Å². The molecule has 0 spiro atoms. The van der Waals surface area contributed by atoms with Gasteiger partial charge in [-0.3, -0.25) is 5.41 Å². The highest BCUT2D eigenvalue weighted by molar-refractivity contribution is 5.96. The Bertz CT molecular complexity index is 567. The smallest absolute Gasteiger partial charge is 0.123 e. The molecule has 0 aliphatic carbocycles. The third kappa shape index (κ3) is 3.63. The first-order valence-electron chi connectivity index (χ1n) is 5.91. The van der Waals surface area contributed by atoms with E-state index < -0.39 is 0 Å². The minimum atomic E-state index is -0.259. The second kappa shape index (κ2) is 6.11. The van der Waals surface area contributed by atoms with Crippen LogP contribution in [-0.2, 0) is 18.0 Å². The summed E-state index contributed by atoms with van der Waals surface area (Å²) in [4.78, 5) is 0. The predicted molar refractivity (Wildman–Crippen MR) is 72.4 cm³/mol. The summed E-state index contributed by atoms with van der Waals surface area (Å²) in [6, 6.07) is 13.6. The number of halogens is 1. The summed E-state index contributed by atoms with van der Waals surface area (Å²) in [7, 11) is 0. The van der Waals surface area contributed by atoms with Crippen LogP contribution in [0.4, 0.5) is 4.39 Å². The van der Waals surface area contributed by atoms with Crippen LogP contribution in [0.2, 0.25) is 0 Å². The number of amidine groups is 1. The van der Waals surface area contributed by atoms with Crippen molar-refractivity contribution >= 4 is 5.84 Å². The summed E-state index contributed by atoms with van der Waals surface area (Å²) in [6.45, 7) is 0.764. The van der Waals surface area contributed by atoms with Crippen LogP contribution in [0.3, 0.4) is 0 Å². The normalized spacial score (nSPS) is 10.4. The summed E-state index contributed by atoms with van der Waals surface area (Å²) in [5, 5.41) is 7.48. The van der Waals surface area contributed by atoms with Crippen molar-refractivity contribution < 1.29 is 9.13 Å². The molecule has 3 N–H and O–H groups in total. The summed E-state index contributed by atoms with van der Waals surface area (Å²) >= 11 is 0. The van der Waals surface area contributed by atoms with E-state index in [1.165, 1.54) is 12.1 Å². The van der Waals surface area contributed by atoms with Crippen molar-refractivity contribution in [3.63, 3.8) is 0 Å². The van der Waals surface area contributed by atoms with Crippen LogP contribution in [-0.4, -0.2) is 5.84 Å². The summed E-state index contributed by atoms with van der Waals surface area (Å²) < 4.78 is 18.3. The maximum atomic E-state index is 12.7. The summed E-state index contributed by atoms with van der Waals surface area (Å²) in [6.07, 6.45) is 0. The second-order valence-corrected chi connectivity index (χ2v) is 4.19. The van der Waals surface area contributed by atoms with Gasteiger partial charge in [-0.05, 0) is 23.3 Å². The number of hydrogen-bond donors (Lipinski definition) is 2. The molecule has 98 valence electrons. The molecule has 2 rings (SSSR count). The molecule has 0 aromatic heterocycles. The van der Waals surface area contributed by atoms with Crippen LogP contribution in [0, 0.1) is 11.2 Å². The zero-order chi connectivity index (χ0) is 13.7. The molecule has 0 aliphatic heterocycles. The first-order valence-corrected chi connectivity index (χ1v) is 5.91. The van der Waals surface area contributed by atoms with Gasteiger partial charge in [0, 0.05) is 5.56 Å². The zero-order valence-electron chi connectivity index (χ0n) is 10.4. The average molecular weight is 258 g/mol. The summed E-state index contributed by atoms with van der Waals surface area (Å²) in [5.74, 6) is -0.230. The van der Waals surface area contributed by atoms with Crippen molar-refractivity contribution in [3.8, 4) is 0 Å². The Hall–Kier alpha value is -2.20. The van der Waals surface area contributed by atoms with E-state index in [2.05, 4.69) is 0 Å². The van der Waals surface area contributed by atoms with Crippen molar-refractivity contribution in [2.45, 2.75) is 13.2 Å². The van der Waals surface area contributed by atoms with E-state index in [0.717, 1.165) is 11.1 Å². The monoisotopic (exact) mass is 258 g/mol. The third-order valence-corrected chi connectivity index (χ3v) is 2.75. The molecule has 0 bridgehead atoms. The minimum absolute atomic E-state index is 0.0287. The number of rotatable bonds is 5. The number of hydrogen-bond acceptors (Lipinski definition) is 2. The van der Waals surface area contributed by atoms with Gasteiger partial charge in [0.1, 0.15) is 11.7 Å². The molecule has 0 saturated carbocycles. The highest BCUT2D eigenvalue weighted by atomic mass is 19.1. The third-order valence-electron chi connectivity index (χ3n) is 2.75. The van der Waals surface area contributed by atoms with Gasteiger partial charge in [-0.15, -0.1) is 0 Å². The average Bonchev–Trinajstić information content (AvgIpc) is 2.41. The molecule has 0 fully saturated rings. The van der Waals surface area contributed by atoms with Crippen LogP contribution in [0.25, 0.3) is 0 Å². The van der Waals surface area contributed by atoms with Gasteiger partial charge in [-0.25, -0.2) is 4.39 Å². The van der Waals surface area contributed by atoms with E-state index >= 15 is 0 Å². The number of ether oxygens (including phenoxy) is 1. The van der Waals surface area contributed by atoms with Crippen LogP contribution in [0.15, 0.2) is 48.5 Å². The van der Waals surface area contributed by atoms with Crippen LogP contribution in [0.5, 0.6) is 0 Å². The Kier molecular flexibility index (Phi) is 4.26. The second-order valence-electron chi connectivity index (χ2n) is 4.19. The molecular weight excluding hydrogens is 243 g/mol. The van der Waals surface area contributed by atoms with E-state index in [-0.39, 0.29) is 11.7 Å². The largest absolute Gasteiger partial charge is 0.384 e. The number of benzene rings is 2. The van der Waals surface area contributed by atoms with Gasteiger partial charge in [0.25, 0.3) is 0 Å². The molecule has 19 heavy (non-hydrogen) atoms. The fourth-order valence-corrected chi connectivity index (χ4v) is 1.77. The lowest BCUT2D eigenvalue weighted by molar-refractivity contribution is 0.107. The van der Waals surface area contributed by atoms with Crippen LogP contribution < -0.4 is 5.73 Å². The molecule has 0 unspecified atom stereocenters. The maximum absolute atomic E-state index is 12.7. The van der Waals surface area contributed by atoms with Crippen molar-refractivity contribution in [3.05, 3.63) is 71.0 Å². The molecule has 2 aromatic carbocycles. The molecule has 0 saturated heterocycles. The molecule has 0 heterocycles. The molecule has 2 aromatic rings. The van der Waals surface area contributed by atoms with E-state index in [9.17, 15) is 4.39 Å². The first kappa shape index (κ1) is 13.2. The summed E-state index contributed by atoms with van der Waals surface area (Å²) in [5.41, 5.74) is 7.96. The van der Waals surface area contributed by atoms with Crippen LogP contribution in [0.1, 0.15) is 16.7 Å². The van der Waals surface area contributed by atoms with Gasteiger partial charge < -0.3 is 10.5 Å². The van der Waals surface area contributed by atoms with E-state index in [0.29, 0.717) is 18.8 Å². The minimum Gasteiger partial charge on any atom is -0.384 e. The van der Waals surface area contributed by atoms with Gasteiger partial charge in [0.15, 0.2) is 0 Å². The predicted octanol–water partition coefficient (Wildman–Crippen LogP) is 2.83. The number of nitrogen functional groups attached to an aromatic ring is 1. The molecule has 3 nitrogen and oxygen atoms in total. The van der Waals surface area contributed by atoms with Gasteiger partial charge >= 0.3 is 0 Å². The van der Waals surface area contributed by atoms with E-state index in [1.54, 1.807) is 18.2 Å².